The Morgan fingerprint density at radius 1 is 1.44 bits per heavy atom. The van der Waals surface area contributed by atoms with Crippen LogP contribution >= 0.6 is 11.8 Å². The number of hydrogen-bond donors (Lipinski definition) is 1. The van der Waals surface area contributed by atoms with E-state index in [0.717, 1.165) is 10.5 Å². The van der Waals surface area contributed by atoms with Gasteiger partial charge in [-0.15, -0.1) is 0 Å². The van der Waals surface area contributed by atoms with E-state index in [0.29, 0.717) is 0 Å². The molecule has 0 bridgehead atoms. The number of hydrogen-bond acceptors (Lipinski definition) is 4. The molecule has 0 fully saturated rings. The summed E-state index contributed by atoms with van der Waals surface area (Å²) in [7, 11) is 1.34. The standard InChI is InChI=1S/C11H12N2O2S/c1-15-11(14)13-7-9(16-10(13)12)8-5-3-2-4-6-8/h2-7,10H,12H2,1H3. The van der Waals surface area contributed by atoms with Crippen LogP contribution in [0.4, 0.5) is 4.79 Å². The number of benzene rings is 1. The number of thioether (sulfide) groups is 1. The summed E-state index contributed by atoms with van der Waals surface area (Å²) in [6, 6.07) is 9.80. The largest absolute Gasteiger partial charge is 0.452 e. The maximum absolute atomic E-state index is 11.4. The molecule has 5 heteroatoms. The van der Waals surface area contributed by atoms with Gasteiger partial charge in [-0.3, -0.25) is 4.90 Å². The highest BCUT2D eigenvalue weighted by atomic mass is 32.2. The average Bonchev–Trinajstić information content (AvgIpc) is 2.71. The van der Waals surface area contributed by atoms with E-state index in [2.05, 4.69) is 4.74 Å². The minimum atomic E-state index is -0.439. The minimum absolute atomic E-state index is 0.414. The van der Waals surface area contributed by atoms with Crippen molar-refractivity contribution in [3.05, 3.63) is 42.1 Å². The van der Waals surface area contributed by atoms with Crippen molar-refractivity contribution in [1.29, 1.82) is 0 Å². The van der Waals surface area contributed by atoms with Crippen molar-refractivity contribution in [1.82, 2.24) is 4.90 Å². The number of rotatable bonds is 1. The highest BCUT2D eigenvalue weighted by molar-refractivity contribution is 8.09. The van der Waals surface area contributed by atoms with Crippen LogP contribution in [0, 0.1) is 0 Å². The SMILES string of the molecule is COC(=O)N1C=C(c2ccccc2)SC1N. The van der Waals surface area contributed by atoms with Gasteiger partial charge in [0.15, 0.2) is 0 Å². The Kier molecular flexibility index (Phi) is 3.17. The molecule has 0 radical (unpaired) electrons. The molecule has 1 aliphatic rings. The molecule has 16 heavy (non-hydrogen) atoms. The Balaban J connectivity index is 2.23. The first-order chi connectivity index (χ1) is 7.72. The summed E-state index contributed by atoms with van der Waals surface area (Å²) in [6.07, 6.45) is 1.28. The summed E-state index contributed by atoms with van der Waals surface area (Å²) in [5, 5.41) is 0. The van der Waals surface area contributed by atoms with Gasteiger partial charge in [0.1, 0.15) is 5.50 Å². The van der Waals surface area contributed by atoms with Crippen molar-refractivity contribution in [2.24, 2.45) is 5.73 Å². The maximum atomic E-state index is 11.4. The monoisotopic (exact) mass is 236 g/mol. The number of amides is 1. The summed E-state index contributed by atoms with van der Waals surface area (Å²) in [5.41, 5.74) is 6.46. The van der Waals surface area contributed by atoms with Crippen LogP contribution in [-0.2, 0) is 4.74 Å². The number of methoxy groups -OCH3 is 1. The van der Waals surface area contributed by atoms with E-state index in [1.54, 1.807) is 6.20 Å². The van der Waals surface area contributed by atoms with Gasteiger partial charge in [0.05, 0.1) is 7.11 Å². The van der Waals surface area contributed by atoms with E-state index < -0.39 is 11.6 Å². The van der Waals surface area contributed by atoms with Crippen molar-refractivity contribution in [2.45, 2.75) is 5.50 Å². The van der Waals surface area contributed by atoms with Crippen LogP contribution in [0.1, 0.15) is 5.56 Å². The zero-order valence-corrected chi connectivity index (χ0v) is 9.61. The summed E-state index contributed by atoms with van der Waals surface area (Å²) >= 11 is 1.43. The van der Waals surface area contributed by atoms with E-state index in [9.17, 15) is 4.79 Å². The fourth-order valence-corrected chi connectivity index (χ4v) is 2.39. The van der Waals surface area contributed by atoms with Crippen LogP contribution < -0.4 is 5.73 Å². The molecule has 4 nitrogen and oxygen atoms in total. The third-order valence-electron chi connectivity index (χ3n) is 2.22. The predicted octanol–water partition coefficient (Wildman–Crippen LogP) is 2.04. The Morgan fingerprint density at radius 3 is 2.75 bits per heavy atom. The zero-order valence-electron chi connectivity index (χ0n) is 8.79. The van der Waals surface area contributed by atoms with Crippen LogP contribution in [0.3, 0.4) is 0 Å². The molecular formula is C11H12N2O2S. The Morgan fingerprint density at radius 2 is 2.12 bits per heavy atom. The van der Waals surface area contributed by atoms with Gasteiger partial charge in [0, 0.05) is 11.1 Å². The van der Waals surface area contributed by atoms with Gasteiger partial charge in [-0.1, -0.05) is 42.1 Å². The van der Waals surface area contributed by atoms with Crippen LogP contribution in [-0.4, -0.2) is 23.6 Å². The second-order valence-electron chi connectivity index (χ2n) is 3.25. The van der Waals surface area contributed by atoms with E-state index >= 15 is 0 Å². The fraction of sp³-hybridized carbons (Fsp3) is 0.182. The molecule has 0 aromatic heterocycles. The summed E-state index contributed by atoms with van der Waals surface area (Å²) in [4.78, 5) is 13.7. The molecule has 1 unspecified atom stereocenters. The van der Waals surface area contributed by atoms with Gasteiger partial charge in [-0.25, -0.2) is 4.79 Å². The first-order valence-corrected chi connectivity index (χ1v) is 5.66. The molecule has 1 aromatic rings. The Bertz CT molecular complexity index is 419. The Labute approximate surface area is 98.1 Å². The van der Waals surface area contributed by atoms with E-state index in [4.69, 9.17) is 5.73 Å². The predicted molar refractivity (Wildman–Crippen MR) is 64.2 cm³/mol. The molecule has 0 saturated carbocycles. The van der Waals surface area contributed by atoms with Crippen molar-refractivity contribution in [2.75, 3.05) is 7.11 Å². The fourth-order valence-electron chi connectivity index (χ4n) is 1.42. The highest BCUT2D eigenvalue weighted by Crippen LogP contribution is 2.37. The van der Waals surface area contributed by atoms with Gasteiger partial charge in [-0.2, -0.15) is 0 Å². The molecule has 1 amide bonds. The lowest BCUT2D eigenvalue weighted by atomic mass is 10.2. The summed E-state index contributed by atoms with van der Waals surface area (Å²) in [6.45, 7) is 0. The third-order valence-corrected chi connectivity index (χ3v) is 3.29. The van der Waals surface area contributed by atoms with E-state index in [1.807, 2.05) is 30.3 Å². The zero-order chi connectivity index (χ0) is 11.5. The lowest BCUT2D eigenvalue weighted by molar-refractivity contribution is 0.138. The lowest BCUT2D eigenvalue weighted by Gasteiger charge is -2.16. The molecular weight excluding hydrogens is 224 g/mol. The van der Waals surface area contributed by atoms with Gasteiger partial charge in [0.25, 0.3) is 0 Å². The van der Waals surface area contributed by atoms with Crippen LogP contribution in [0.5, 0.6) is 0 Å². The molecule has 2 N–H and O–H groups in total. The molecule has 0 saturated heterocycles. The second-order valence-corrected chi connectivity index (χ2v) is 4.40. The molecule has 0 spiro atoms. The quantitative estimate of drug-likeness (QED) is 0.810. The first kappa shape index (κ1) is 11.0. The van der Waals surface area contributed by atoms with Crippen molar-refractivity contribution >= 4 is 22.8 Å². The summed E-state index contributed by atoms with van der Waals surface area (Å²) < 4.78 is 4.64. The van der Waals surface area contributed by atoms with Gasteiger partial charge >= 0.3 is 6.09 Å². The van der Waals surface area contributed by atoms with Gasteiger partial charge in [0.2, 0.25) is 0 Å². The van der Waals surface area contributed by atoms with Crippen molar-refractivity contribution < 1.29 is 9.53 Å². The average molecular weight is 236 g/mol. The number of nitrogens with zero attached hydrogens (tertiary/aromatic N) is 1. The molecule has 0 aliphatic carbocycles. The molecule has 1 aliphatic heterocycles. The molecule has 84 valence electrons. The topological polar surface area (TPSA) is 55.6 Å². The molecule has 1 atom stereocenters. The minimum Gasteiger partial charge on any atom is -0.452 e. The lowest BCUT2D eigenvalue weighted by Crippen LogP contribution is -2.37. The summed E-state index contributed by atoms with van der Waals surface area (Å²) in [5.74, 6) is 0. The van der Waals surface area contributed by atoms with Gasteiger partial charge in [-0.05, 0) is 5.56 Å². The van der Waals surface area contributed by atoms with Crippen molar-refractivity contribution in [3.8, 4) is 0 Å². The highest BCUT2D eigenvalue weighted by Gasteiger charge is 2.28. The van der Waals surface area contributed by atoms with Crippen LogP contribution in [0.25, 0.3) is 4.91 Å². The second kappa shape index (κ2) is 4.59. The van der Waals surface area contributed by atoms with Crippen LogP contribution in [0.15, 0.2) is 36.5 Å². The number of carbonyl (C=O) groups is 1. The van der Waals surface area contributed by atoms with E-state index in [-0.39, 0.29) is 0 Å². The number of carbonyl (C=O) groups excluding carboxylic acids is 1. The molecule has 1 aromatic carbocycles. The third kappa shape index (κ3) is 2.05. The molecule has 2 rings (SSSR count). The normalized spacial score (nSPS) is 19.5. The van der Waals surface area contributed by atoms with Crippen LogP contribution in [0.2, 0.25) is 0 Å². The number of nitrogens with two attached hydrogens (primary N) is 1. The smallest absolute Gasteiger partial charge is 0.415 e. The van der Waals surface area contributed by atoms with Crippen molar-refractivity contribution in [3.63, 3.8) is 0 Å². The molecule has 1 heterocycles. The first-order valence-electron chi connectivity index (χ1n) is 4.78. The van der Waals surface area contributed by atoms with Gasteiger partial charge < -0.3 is 10.5 Å². The Hall–Kier alpha value is -1.46. The number of ether oxygens (including phenoxy) is 1. The van der Waals surface area contributed by atoms with E-state index in [1.165, 1.54) is 23.8 Å². The maximum Gasteiger partial charge on any atom is 0.415 e.